The van der Waals surface area contributed by atoms with E-state index in [4.69, 9.17) is 0 Å². The number of hydrogen-bond donors (Lipinski definition) is 1. The van der Waals surface area contributed by atoms with Crippen LogP contribution in [0.4, 0.5) is 0 Å². The monoisotopic (exact) mass is 265 g/mol. The Morgan fingerprint density at radius 3 is 2.87 bits per heavy atom. The van der Waals surface area contributed by atoms with Crippen molar-refractivity contribution < 1.29 is 4.79 Å². The van der Waals surface area contributed by atoms with Gasteiger partial charge >= 0.3 is 0 Å². The average molecular weight is 266 g/mol. The van der Waals surface area contributed by atoms with E-state index in [-0.39, 0.29) is 12.2 Å². The van der Waals surface area contributed by atoms with Crippen molar-refractivity contribution in [2.75, 3.05) is 0 Å². The van der Waals surface area contributed by atoms with Gasteiger partial charge in [-0.15, -0.1) is 0 Å². The highest BCUT2D eigenvalue weighted by Crippen LogP contribution is 2.08. The van der Waals surface area contributed by atoms with Crippen LogP contribution in [0.1, 0.15) is 16.3 Å². The predicted octanol–water partition coefficient (Wildman–Crippen LogP) is 1.99. The first-order valence-corrected chi connectivity index (χ1v) is 5.18. The Labute approximate surface area is 94.9 Å². The van der Waals surface area contributed by atoms with Crippen LogP contribution in [0.25, 0.3) is 0 Å². The van der Waals surface area contributed by atoms with E-state index < -0.39 is 0 Å². The molecule has 0 amide bonds. The van der Waals surface area contributed by atoms with Crippen molar-refractivity contribution in [2.24, 2.45) is 0 Å². The van der Waals surface area contributed by atoms with Crippen molar-refractivity contribution in [3.05, 3.63) is 46.7 Å². The lowest BCUT2D eigenvalue weighted by Gasteiger charge is -1.97. The average Bonchev–Trinajstić information content (AvgIpc) is 2.74. The van der Waals surface area contributed by atoms with E-state index in [2.05, 4.69) is 30.9 Å². The van der Waals surface area contributed by atoms with Crippen LogP contribution >= 0.6 is 15.9 Å². The molecule has 5 heteroatoms. The van der Waals surface area contributed by atoms with E-state index in [0.29, 0.717) is 5.82 Å². The largest absolute Gasteiger partial charge is 0.342 e. The van der Waals surface area contributed by atoms with Crippen LogP contribution in [0, 0.1) is 0 Å². The maximum absolute atomic E-state index is 11.6. The van der Waals surface area contributed by atoms with Crippen LogP contribution in [-0.2, 0) is 6.42 Å². The number of H-pyrrole nitrogens is 1. The zero-order valence-corrected chi connectivity index (χ0v) is 9.36. The number of nitrogens with zero attached hydrogens (tertiary/aromatic N) is 2. The Morgan fingerprint density at radius 2 is 2.27 bits per heavy atom. The molecular weight excluding hydrogens is 258 g/mol. The number of hydrogen-bond acceptors (Lipinski definition) is 3. The summed E-state index contributed by atoms with van der Waals surface area (Å²) < 4.78 is 0.900. The van der Waals surface area contributed by atoms with Gasteiger partial charge in [0.15, 0.2) is 5.82 Å². The van der Waals surface area contributed by atoms with Crippen LogP contribution in [-0.4, -0.2) is 20.7 Å². The van der Waals surface area contributed by atoms with Crippen molar-refractivity contribution in [1.29, 1.82) is 0 Å². The summed E-state index contributed by atoms with van der Waals surface area (Å²) in [5, 5.41) is 0. The molecule has 0 aliphatic carbocycles. The lowest BCUT2D eigenvalue weighted by molar-refractivity contribution is 0.0983. The molecule has 0 aliphatic heterocycles. The third-order valence-electron chi connectivity index (χ3n) is 1.89. The first-order chi connectivity index (χ1) is 7.25. The molecule has 0 saturated heterocycles. The maximum atomic E-state index is 11.6. The van der Waals surface area contributed by atoms with Gasteiger partial charge in [0.1, 0.15) is 0 Å². The Hall–Kier alpha value is -1.49. The molecular formula is C10H8BrN3O. The van der Waals surface area contributed by atoms with Crippen LogP contribution in [0.3, 0.4) is 0 Å². The number of halogens is 1. The minimum Gasteiger partial charge on any atom is -0.342 e. The van der Waals surface area contributed by atoms with E-state index >= 15 is 0 Å². The van der Waals surface area contributed by atoms with Gasteiger partial charge in [0.2, 0.25) is 5.78 Å². The topological polar surface area (TPSA) is 58.6 Å². The van der Waals surface area contributed by atoms with Crippen molar-refractivity contribution in [3.8, 4) is 0 Å². The molecule has 0 radical (unpaired) electrons. The van der Waals surface area contributed by atoms with Gasteiger partial charge in [-0.25, -0.2) is 4.98 Å². The van der Waals surface area contributed by atoms with Crippen LogP contribution in [0.2, 0.25) is 0 Å². The number of carbonyl (C=O) groups excluding carboxylic acids is 1. The summed E-state index contributed by atoms with van der Waals surface area (Å²) in [6.07, 6.45) is 5.12. The molecule has 0 spiro atoms. The van der Waals surface area contributed by atoms with Gasteiger partial charge in [0, 0.05) is 28.8 Å². The normalized spacial score (nSPS) is 10.2. The maximum Gasteiger partial charge on any atom is 0.203 e. The van der Waals surface area contributed by atoms with Crippen molar-refractivity contribution in [3.63, 3.8) is 0 Å². The molecule has 2 aromatic rings. The Bertz CT molecular complexity index is 450. The molecule has 0 fully saturated rings. The van der Waals surface area contributed by atoms with Gasteiger partial charge in [-0.2, -0.15) is 0 Å². The highest BCUT2D eigenvalue weighted by Gasteiger charge is 2.09. The zero-order valence-electron chi connectivity index (χ0n) is 7.77. The quantitative estimate of drug-likeness (QED) is 0.864. The van der Waals surface area contributed by atoms with Crippen LogP contribution < -0.4 is 0 Å². The van der Waals surface area contributed by atoms with Crippen LogP contribution in [0.15, 0.2) is 35.2 Å². The lowest BCUT2D eigenvalue weighted by atomic mass is 10.2. The molecule has 0 saturated carbocycles. The third kappa shape index (κ3) is 2.50. The molecule has 76 valence electrons. The number of imidazole rings is 1. The van der Waals surface area contributed by atoms with E-state index in [1.807, 2.05) is 12.1 Å². The molecule has 0 atom stereocenters. The number of carbonyl (C=O) groups is 1. The van der Waals surface area contributed by atoms with Crippen molar-refractivity contribution in [2.45, 2.75) is 6.42 Å². The molecule has 4 nitrogen and oxygen atoms in total. The molecule has 0 unspecified atom stereocenters. The van der Waals surface area contributed by atoms with Crippen LogP contribution in [0.5, 0.6) is 0 Å². The van der Waals surface area contributed by atoms with Crippen molar-refractivity contribution >= 4 is 21.7 Å². The van der Waals surface area contributed by atoms with Gasteiger partial charge in [-0.1, -0.05) is 0 Å². The summed E-state index contributed by atoms with van der Waals surface area (Å²) in [7, 11) is 0. The second-order valence-corrected chi connectivity index (χ2v) is 3.92. The van der Waals surface area contributed by atoms with E-state index in [1.54, 1.807) is 18.6 Å². The lowest BCUT2D eigenvalue weighted by Crippen LogP contribution is -2.06. The summed E-state index contributed by atoms with van der Waals surface area (Å²) in [6, 6.07) is 3.67. The highest BCUT2D eigenvalue weighted by molar-refractivity contribution is 9.10. The van der Waals surface area contributed by atoms with Gasteiger partial charge in [-0.05, 0) is 28.1 Å². The molecule has 0 aliphatic rings. The molecule has 2 heterocycles. The number of Topliss-reactive ketones (excluding diaryl/α,β-unsaturated/α-hetero) is 1. The highest BCUT2D eigenvalue weighted by atomic mass is 79.9. The fourth-order valence-corrected chi connectivity index (χ4v) is 1.41. The summed E-state index contributed by atoms with van der Waals surface area (Å²) in [6.45, 7) is 0. The summed E-state index contributed by atoms with van der Waals surface area (Å²) in [4.78, 5) is 22.4. The van der Waals surface area contributed by atoms with Gasteiger partial charge < -0.3 is 4.98 Å². The molecule has 0 bridgehead atoms. The first kappa shape index (κ1) is 10.0. The number of ketones is 1. The van der Waals surface area contributed by atoms with E-state index in [9.17, 15) is 4.79 Å². The summed E-state index contributed by atoms with van der Waals surface area (Å²) in [5.74, 6) is 0.314. The number of nitrogens with one attached hydrogen (secondary N) is 1. The minimum atomic E-state index is -0.0603. The minimum absolute atomic E-state index is 0.0603. The van der Waals surface area contributed by atoms with Gasteiger partial charge in [0.25, 0.3) is 0 Å². The predicted molar refractivity (Wildman–Crippen MR) is 58.6 cm³/mol. The number of aromatic amines is 1. The van der Waals surface area contributed by atoms with E-state index in [0.717, 1.165) is 10.2 Å². The number of rotatable bonds is 3. The Balaban J connectivity index is 2.09. The second kappa shape index (κ2) is 4.35. The zero-order chi connectivity index (χ0) is 10.7. The Kier molecular flexibility index (Phi) is 2.91. The molecule has 2 rings (SSSR count). The summed E-state index contributed by atoms with van der Waals surface area (Å²) >= 11 is 3.28. The molecule has 15 heavy (non-hydrogen) atoms. The van der Waals surface area contributed by atoms with E-state index in [1.165, 1.54) is 0 Å². The standard InChI is InChI=1S/C10H8BrN3O/c11-7-1-2-8(14-6-7)5-9(15)10-12-3-4-13-10/h1-4,6H,5H2,(H,12,13). The fraction of sp³-hybridized carbons (Fsp3) is 0.100. The second-order valence-electron chi connectivity index (χ2n) is 3.01. The smallest absolute Gasteiger partial charge is 0.203 e. The Morgan fingerprint density at radius 1 is 1.40 bits per heavy atom. The first-order valence-electron chi connectivity index (χ1n) is 4.39. The molecule has 2 aromatic heterocycles. The number of aromatic nitrogens is 3. The molecule has 1 N–H and O–H groups in total. The molecule has 0 aromatic carbocycles. The summed E-state index contributed by atoms with van der Waals surface area (Å²) in [5.41, 5.74) is 0.736. The van der Waals surface area contributed by atoms with Gasteiger partial charge in [0.05, 0.1) is 6.42 Å². The third-order valence-corrected chi connectivity index (χ3v) is 2.36. The number of pyridine rings is 1. The SMILES string of the molecule is O=C(Cc1ccc(Br)cn1)c1ncc[nH]1. The fourth-order valence-electron chi connectivity index (χ4n) is 1.18. The van der Waals surface area contributed by atoms with Gasteiger partial charge in [-0.3, -0.25) is 9.78 Å². The van der Waals surface area contributed by atoms with Crippen molar-refractivity contribution in [1.82, 2.24) is 15.0 Å².